The molecule has 1 aliphatic rings. The molecule has 1 fully saturated rings. The van der Waals surface area contributed by atoms with Crippen molar-refractivity contribution in [3.05, 3.63) is 27.1 Å². The topological polar surface area (TPSA) is 64.4 Å². The van der Waals surface area contributed by atoms with Crippen LogP contribution in [0, 0.1) is 18.8 Å². The lowest BCUT2D eigenvalue weighted by atomic mass is 9.92. The fourth-order valence-corrected chi connectivity index (χ4v) is 4.91. The first kappa shape index (κ1) is 19.0. The van der Waals surface area contributed by atoms with Gasteiger partial charge in [-0.3, -0.25) is 14.2 Å². The molecule has 1 saturated heterocycles. The lowest BCUT2D eigenvalue weighted by Gasteiger charge is -2.34. The Kier molecular flexibility index (Phi) is 5.77. The van der Waals surface area contributed by atoms with Gasteiger partial charge in [0.2, 0.25) is 0 Å². The molecule has 142 valence electrons. The minimum Gasteiger partial charge on any atom is -0.380 e. The second-order valence-electron chi connectivity index (χ2n) is 7.33. The van der Waals surface area contributed by atoms with E-state index in [1.54, 1.807) is 10.9 Å². The summed E-state index contributed by atoms with van der Waals surface area (Å²) in [6.07, 6.45) is 2.71. The second kappa shape index (κ2) is 7.88. The Hall–Kier alpha value is -1.73. The smallest absolute Gasteiger partial charge is 0.264 e. The molecule has 2 unspecified atom stereocenters. The van der Waals surface area contributed by atoms with Crippen molar-refractivity contribution in [2.45, 2.75) is 40.7 Å². The van der Waals surface area contributed by atoms with Gasteiger partial charge in [-0.15, -0.1) is 11.3 Å². The van der Waals surface area contributed by atoms with Gasteiger partial charge in [-0.25, -0.2) is 4.98 Å². The predicted octanol–water partition coefficient (Wildman–Crippen LogP) is 2.92. The van der Waals surface area contributed by atoms with E-state index in [-0.39, 0.29) is 11.5 Å². The number of aromatic nitrogens is 2. The first-order valence-corrected chi connectivity index (χ1v) is 10.1. The Morgan fingerprint density at radius 3 is 2.69 bits per heavy atom. The summed E-state index contributed by atoms with van der Waals surface area (Å²) in [4.78, 5) is 33.5. The zero-order chi connectivity index (χ0) is 18.8. The highest BCUT2D eigenvalue weighted by Gasteiger charge is 2.29. The quantitative estimate of drug-likeness (QED) is 0.752. The molecule has 0 bridgehead atoms. The van der Waals surface area contributed by atoms with Crippen molar-refractivity contribution >= 4 is 27.5 Å². The third kappa shape index (κ3) is 3.69. The molecule has 0 spiro atoms. The number of nitrogens with zero attached hydrogens (tertiary/aromatic N) is 3. The summed E-state index contributed by atoms with van der Waals surface area (Å²) >= 11 is 1.33. The Labute approximate surface area is 157 Å². The van der Waals surface area contributed by atoms with Gasteiger partial charge in [0.15, 0.2) is 0 Å². The molecule has 6 nitrogen and oxygen atoms in total. The summed E-state index contributed by atoms with van der Waals surface area (Å²) in [7, 11) is 0. The average Bonchev–Trinajstić information content (AvgIpc) is 2.93. The standard InChI is InChI=1S/C19H27N3O3S/c1-5-25-7-6-21-11-20-17-15(18(21)23)14(4)16(26-17)19(24)22-9-12(2)8-13(3)10-22/h11-13H,5-10H2,1-4H3. The number of likely N-dealkylation sites (tertiary alicyclic amines) is 1. The zero-order valence-corrected chi connectivity index (χ0v) is 16.8. The summed E-state index contributed by atoms with van der Waals surface area (Å²) in [5.74, 6) is 1.04. The highest BCUT2D eigenvalue weighted by molar-refractivity contribution is 7.20. The molecule has 0 saturated carbocycles. The maximum atomic E-state index is 13.1. The molecule has 2 aromatic heterocycles. The molecule has 1 amide bonds. The van der Waals surface area contributed by atoms with E-state index in [0.717, 1.165) is 25.1 Å². The van der Waals surface area contributed by atoms with E-state index in [1.807, 2.05) is 18.7 Å². The average molecular weight is 378 g/mol. The van der Waals surface area contributed by atoms with E-state index < -0.39 is 0 Å². The zero-order valence-electron chi connectivity index (χ0n) is 15.9. The summed E-state index contributed by atoms with van der Waals surface area (Å²) in [5.41, 5.74) is 0.659. The Bertz CT molecular complexity index is 848. The van der Waals surface area contributed by atoms with Crippen LogP contribution in [0.25, 0.3) is 10.2 Å². The van der Waals surface area contributed by atoms with Crippen LogP contribution < -0.4 is 5.56 Å². The molecule has 0 N–H and O–H groups in total. The van der Waals surface area contributed by atoms with Crippen molar-refractivity contribution in [3.8, 4) is 0 Å². The van der Waals surface area contributed by atoms with Gasteiger partial charge in [0.05, 0.1) is 29.7 Å². The molecule has 0 radical (unpaired) electrons. The molecule has 26 heavy (non-hydrogen) atoms. The van der Waals surface area contributed by atoms with E-state index in [9.17, 15) is 9.59 Å². The highest BCUT2D eigenvalue weighted by Crippen LogP contribution is 2.30. The van der Waals surface area contributed by atoms with Gasteiger partial charge in [0.1, 0.15) is 4.83 Å². The third-order valence-corrected chi connectivity index (χ3v) is 6.14. The van der Waals surface area contributed by atoms with Gasteiger partial charge < -0.3 is 9.64 Å². The van der Waals surface area contributed by atoms with E-state index in [0.29, 0.717) is 46.7 Å². The molecule has 2 atom stereocenters. The lowest BCUT2D eigenvalue weighted by Crippen LogP contribution is -2.42. The van der Waals surface area contributed by atoms with Crippen LogP contribution in [0.4, 0.5) is 0 Å². The summed E-state index contributed by atoms with van der Waals surface area (Å²) in [6, 6.07) is 0. The highest BCUT2D eigenvalue weighted by atomic mass is 32.1. The van der Waals surface area contributed by atoms with Crippen LogP contribution in [-0.2, 0) is 11.3 Å². The fourth-order valence-electron chi connectivity index (χ4n) is 3.80. The predicted molar refractivity (Wildman–Crippen MR) is 104 cm³/mol. The van der Waals surface area contributed by atoms with Crippen LogP contribution in [-0.4, -0.2) is 46.7 Å². The van der Waals surface area contributed by atoms with Crippen LogP contribution >= 0.6 is 11.3 Å². The van der Waals surface area contributed by atoms with Gasteiger partial charge in [0.25, 0.3) is 11.5 Å². The summed E-state index contributed by atoms with van der Waals surface area (Å²) in [5, 5.41) is 0.565. The van der Waals surface area contributed by atoms with Crippen molar-refractivity contribution in [1.82, 2.24) is 14.5 Å². The fraction of sp³-hybridized carbons (Fsp3) is 0.632. The van der Waals surface area contributed by atoms with Crippen LogP contribution in [0.15, 0.2) is 11.1 Å². The van der Waals surface area contributed by atoms with Crippen LogP contribution in [0.2, 0.25) is 0 Å². The van der Waals surface area contributed by atoms with Crippen molar-refractivity contribution in [3.63, 3.8) is 0 Å². The molecule has 2 aromatic rings. The molecule has 0 aliphatic carbocycles. The molecular formula is C19H27N3O3S. The Balaban J connectivity index is 1.92. The van der Waals surface area contributed by atoms with E-state index in [2.05, 4.69) is 18.8 Å². The number of fused-ring (bicyclic) bond motifs is 1. The molecule has 7 heteroatoms. The van der Waals surface area contributed by atoms with E-state index in [1.165, 1.54) is 11.3 Å². The number of amides is 1. The molecule has 3 heterocycles. The second-order valence-corrected chi connectivity index (χ2v) is 8.33. The van der Waals surface area contributed by atoms with Crippen molar-refractivity contribution < 1.29 is 9.53 Å². The van der Waals surface area contributed by atoms with Gasteiger partial charge in [-0.05, 0) is 37.7 Å². The van der Waals surface area contributed by atoms with Crippen molar-refractivity contribution in [2.75, 3.05) is 26.3 Å². The number of carbonyl (C=O) groups excluding carboxylic acids is 1. The SMILES string of the molecule is CCOCCn1cnc2sc(C(=O)N3CC(C)CC(C)C3)c(C)c2c1=O. The van der Waals surface area contributed by atoms with E-state index >= 15 is 0 Å². The van der Waals surface area contributed by atoms with Crippen LogP contribution in [0.3, 0.4) is 0 Å². The van der Waals surface area contributed by atoms with Gasteiger partial charge in [-0.2, -0.15) is 0 Å². The third-order valence-electron chi connectivity index (χ3n) is 4.95. The number of hydrogen-bond donors (Lipinski definition) is 0. The van der Waals surface area contributed by atoms with Gasteiger partial charge in [0, 0.05) is 19.7 Å². The number of hydrogen-bond acceptors (Lipinski definition) is 5. The minimum atomic E-state index is -0.0946. The van der Waals surface area contributed by atoms with Crippen molar-refractivity contribution in [2.24, 2.45) is 11.8 Å². The Morgan fingerprint density at radius 1 is 1.35 bits per heavy atom. The first-order valence-electron chi connectivity index (χ1n) is 9.27. The molecule has 3 rings (SSSR count). The number of aryl methyl sites for hydroxylation is 1. The summed E-state index contributed by atoms with van der Waals surface area (Å²) in [6.45, 7) is 11.3. The first-order chi connectivity index (χ1) is 12.4. The monoisotopic (exact) mass is 377 g/mol. The number of thiophene rings is 1. The number of carbonyl (C=O) groups is 1. The van der Waals surface area contributed by atoms with E-state index in [4.69, 9.17) is 4.74 Å². The van der Waals surface area contributed by atoms with Crippen LogP contribution in [0.1, 0.15) is 42.4 Å². The normalized spacial score (nSPS) is 20.7. The van der Waals surface area contributed by atoms with Gasteiger partial charge >= 0.3 is 0 Å². The molecular weight excluding hydrogens is 350 g/mol. The number of ether oxygens (including phenoxy) is 1. The lowest BCUT2D eigenvalue weighted by molar-refractivity contribution is 0.0627. The van der Waals surface area contributed by atoms with Crippen molar-refractivity contribution in [1.29, 1.82) is 0 Å². The Morgan fingerprint density at radius 2 is 2.04 bits per heavy atom. The number of rotatable bonds is 5. The maximum Gasteiger partial charge on any atom is 0.264 e. The largest absolute Gasteiger partial charge is 0.380 e. The molecule has 0 aromatic carbocycles. The van der Waals surface area contributed by atoms with Crippen LogP contribution in [0.5, 0.6) is 0 Å². The minimum absolute atomic E-state index is 0.0316. The maximum absolute atomic E-state index is 13.1. The molecule has 1 aliphatic heterocycles. The number of piperidine rings is 1. The van der Waals surface area contributed by atoms with Gasteiger partial charge in [-0.1, -0.05) is 13.8 Å². The summed E-state index contributed by atoms with van der Waals surface area (Å²) < 4.78 is 6.90.